The Labute approximate surface area is 113 Å². The molecule has 0 aliphatic heterocycles. The SMILES string of the molecule is Cc1cc(NCC(C)(O)CN(C)C)c(C(=O)O)cn1. The molecule has 6 heteroatoms. The van der Waals surface area contributed by atoms with E-state index in [1.807, 2.05) is 19.0 Å². The fraction of sp³-hybridized carbons (Fsp3) is 0.538. The van der Waals surface area contributed by atoms with E-state index in [1.54, 1.807) is 19.9 Å². The van der Waals surface area contributed by atoms with Gasteiger partial charge in [0.25, 0.3) is 0 Å². The van der Waals surface area contributed by atoms with Crippen LogP contribution in [0.5, 0.6) is 0 Å². The quantitative estimate of drug-likeness (QED) is 0.707. The Morgan fingerprint density at radius 2 is 2.16 bits per heavy atom. The number of hydrogen-bond donors (Lipinski definition) is 3. The van der Waals surface area contributed by atoms with E-state index in [9.17, 15) is 9.90 Å². The maximum Gasteiger partial charge on any atom is 0.339 e. The standard InChI is InChI=1S/C13H21N3O3/c1-9-5-11(10(6-14-9)12(17)18)15-7-13(2,19)8-16(3)4/h5-6,19H,7-8H2,1-4H3,(H,14,15)(H,17,18). The Hall–Kier alpha value is -1.66. The van der Waals surface area contributed by atoms with Crippen LogP contribution in [0.25, 0.3) is 0 Å². The lowest BCUT2D eigenvalue weighted by Gasteiger charge is -2.27. The van der Waals surface area contributed by atoms with Gasteiger partial charge in [0.15, 0.2) is 0 Å². The summed E-state index contributed by atoms with van der Waals surface area (Å²) in [5, 5.41) is 22.2. The van der Waals surface area contributed by atoms with E-state index in [-0.39, 0.29) is 12.1 Å². The van der Waals surface area contributed by atoms with Crippen LogP contribution in [-0.2, 0) is 0 Å². The molecule has 1 aromatic heterocycles. The first-order valence-electron chi connectivity index (χ1n) is 6.02. The number of likely N-dealkylation sites (N-methyl/N-ethyl adjacent to an activating group) is 1. The van der Waals surface area contributed by atoms with E-state index >= 15 is 0 Å². The van der Waals surface area contributed by atoms with Crippen molar-refractivity contribution in [2.45, 2.75) is 19.4 Å². The first kappa shape index (κ1) is 15.4. The number of hydrogen-bond acceptors (Lipinski definition) is 5. The number of anilines is 1. The lowest BCUT2D eigenvalue weighted by Crippen LogP contribution is -2.43. The van der Waals surface area contributed by atoms with Crippen molar-refractivity contribution in [3.05, 3.63) is 23.5 Å². The number of nitrogens with one attached hydrogen (secondary N) is 1. The van der Waals surface area contributed by atoms with Crippen LogP contribution in [-0.4, -0.2) is 58.9 Å². The summed E-state index contributed by atoms with van der Waals surface area (Å²) >= 11 is 0. The smallest absolute Gasteiger partial charge is 0.339 e. The largest absolute Gasteiger partial charge is 0.478 e. The number of pyridine rings is 1. The highest BCUT2D eigenvalue weighted by atomic mass is 16.4. The van der Waals surface area contributed by atoms with E-state index < -0.39 is 11.6 Å². The Bertz CT molecular complexity index is 458. The Kier molecular flexibility index (Phi) is 4.85. The highest BCUT2D eigenvalue weighted by molar-refractivity contribution is 5.93. The molecule has 0 aliphatic rings. The fourth-order valence-corrected chi connectivity index (χ4v) is 1.90. The predicted octanol–water partition coefficient (Wildman–Crippen LogP) is 0.813. The van der Waals surface area contributed by atoms with Gasteiger partial charge < -0.3 is 20.4 Å². The van der Waals surface area contributed by atoms with Crippen molar-refractivity contribution < 1.29 is 15.0 Å². The van der Waals surface area contributed by atoms with Gasteiger partial charge >= 0.3 is 5.97 Å². The molecule has 0 aliphatic carbocycles. The van der Waals surface area contributed by atoms with Crippen LogP contribution in [0.3, 0.4) is 0 Å². The lowest BCUT2D eigenvalue weighted by atomic mass is 10.1. The minimum atomic E-state index is -1.04. The molecular weight excluding hydrogens is 246 g/mol. The van der Waals surface area contributed by atoms with Crippen molar-refractivity contribution in [3.8, 4) is 0 Å². The lowest BCUT2D eigenvalue weighted by molar-refractivity contribution is 0.0458. The van der Waals surface area contributed by atoms with Gasteiger partial charge in [-0.25, -0.2) is 4.79 Å². The van der Waals surface area contributed by atoms with Crippen LogP contribution in [0.4, 0.5) is 5.69 Å². The Balaban J connectivity index is 2.82. The molecule has 1 atom stereocenters. The minimum absolute atomic E-state index is 0.103. The third kappa shape index (κ3) is 4.84. The molecule has 1 unspecified atom stereocenters. The van der Waals surface area contributed by atoms with Gasteiger partial charge in [0.2, 0.25) is 0 Å². The predicted molar refractivity (Wildman–Crippen MR) is 73.6 cm³/mol. The van der Waals surface area contributed by atoms with Crippen molar-refractivity contribution in [2.24, 2.45) is 0 Å². The number of aliphatic hydroxyl groups is 1. The molecule has 0 radical (unpaired) electrons. The van der Waals surface area contributed by atoms with Crippen LogP contribution in [0.15, 0.2) is 12.3 Å². The molecule has 0 bridgehead atoms. The van der Waals surface area contributed by atoms with Gasteiger partial charge in [0, 0.05) is 25.0 Å². The van der Waals surface area contributed by atoms with E-state index in [0.29, 0.717) is 12.2 Å². The average molecular weight is 267 g/mol. The number of aryl methyl sites for hydroxylation is 1. The van der Waals surface area contributed by atoms with Gasteiger partial charge in [0.1, 0.15) is 5.56 Å². The second kappa shape index (κ2) is 5.99. The number of carboxylic acid groups (broad SMARTS) is 1. The molecule has 0 saturated carbocycles. The summed E-state index contributed by atoms with van der Waals surface area (Å²) in [4.78, 5) is 16.9. The summed E-state index contributed by atoms with van der Waals surface area (Å²) < 4.78 is 0. The number of carbonyl (C=O) groups is 1. The number of rotatable bonds is 6. The number of nitrogens with zero attached hydrogens (tertiary/aromatic N) is 2. The molecule has 0 aromatic carbocycles. The zero-order chi connectivity index (χ0) is 14.6. The summed E-state index contributed by atoms with van der Waals surface area (Å²) in [5.41, 5.74) is 0.348. The van der Waals surface area contributed by atoms with E-state index in [0.717, 1.165) is 5.69 Å². The highest BCUT2D eigenvalue weighted by Crippen LogP contribution is 2.17. The third-order valence-electron chi connectivity index (χ3n) is 2.59. The fourth-order valence-electron chi connectivity index (χ4n) is 1.90. The molecule has 19 heavy (non-hydrogen) atoms. The first-order chi connectivity index (χ1) is 8.71. The van der Waals surface area contributed by atoms with E-state index in [2.05, 4.69) is 10.3 Å². The maximum absolute atomic E-state index is 11.1. The van der Waals surface area contributed by atoms with Crippen LogP contribution in [0.2, 0.25) is 0 Å². The average Bonchev–Trinajstić information content (AvgIpc) is 2.24. The van der Waals surface area contributed by atoms with Crippen LogP contribution in [0.1, 0.15) is 23.0 Å². The number of aromatic nitrogens is 1. The van der Waals surface area contributed by atoms with Crippen LogP contribution >= 0.6 is 0 Å². The molecule has 0 spiro atoms. The number of carboxylic acids is 1. The molecular formula is C13H21N3O3. The second-order valence-corrected chi connectivity index (χ2v) is 5.26. The Morgan fingerprint density at radius 1 is 1.53 bits per heavy atom. The third-order valence-corrected chi connectivity index (χ3v) is 2.59. The van der Waals surface area contributed by atoms with Crippen molar-refractivity contribution in [2.75, 3.05) is 32.5 Å². The molecule has 0 amide bonds. The summed E-state index contributed by atoms with van der Waals surface area (Å²) in [5.74, 6) is -1.04. The molecule has 3 N–H and O–H groups in total. The van der Waals surface area contributed by atoms with Crippen LogP contribution < -0.4 is 5.32 Å². The summed E-state index contributed by atoms with van der Waals surface area (Å²) in [6.07, 6.45) is 1.32. The maximum atomic E-state index is 11.1. The topological polar surface area (TPSA) is 85.7 Å². The van der Waals surface area contributed by atoms with Gasteiger partial charge in [-0.05, 0) is 34.0 Å². The van der Waals surface area contributed by atoms with E-state index in [4.69, 9.17) is 5.11 Å². The Morgan fingerprint density at radius 3 is 2.68 bits per heavy atom. The normalized spacial score (nSPS) is 14.2. The molecule has 0 saturated heterocycles. The van der Waals surface area contributed by atoms with Crippen molar-refractivity contribution in [1.29, 1.82) is 0 Å². The van der Waals surface area contributed by atoms with Gasteiger partial charge in [-0.3, -0.25) is 4.98 Å². The first-order valence-corrected chi connectivity index (χ1v) is 6.02. The van der Waals surface area contributed by atoms with Crippen molar-refractivity contribution >= 4 is 11.7 Å². The van der Waals surface area contributed by atoms with Gasteiger partial charge in [-0.1, -0.05) is 0 Å². The van der Waals surface area contributed by atoms with Crippen molar-refractivity contribution in [1.82, 2.24) is 9.88 Å². The number of aromatic carboxylic acids is 1. The molecule has 106 valence electrons. The van der Waals surface area contributed by atoms with E-state index in [1.165, 1.54) is 6.20 Å². The summed E-state index contributed by atoms with van der Waals surface area (Å²) in [6, 6.07) is 1.66. The highest BCUT2D eigenvalue weighted by Gasteiger charge is 2.22. The van der Waals surface area contributed by atoms with Crippen LogP contribution in [0, 0.1) is 6.92 Å². The van der Waals surface area contributed by atoms with Gasteiger partial charge in [-0.15, -0.1) is 0 Å². The zero-order valence-corrected chi connectivity index (χ0v) is 11.8. The minimum Gasteiger partial charge on any atom is -0.478 e. The molecule has 1 aromatic rings. The molecule has 1 rings (SSSR count). The summed E-state index contributed by atoms with van der Waals surface area (Å²) in [7, 11) is 3.74. The monoisotopic (exact) mass is 267 g/mol. The van der Waals surface area contributed by atoms with Gasteiger partial charge in [-0.2, -0.15) is 0 Å². The molecule has 0 fully saturated rings. The van der Waals surface area contributed by atoms with Crippen molar-refractivity contribution in [3.63, 3.8) is 0 Å². The molecule has 6 nitrogen and oxygen atoms in total. The second-order valence-electron chi connectivity index (χ2n) is 5.26. The van der Waals surface area contributed by atoms with Gasteiger partial charge in [0.05, 0.1) is 11.3 Å². The molecule has 1 heterocycles. The summed E-state index contributed by atoms with van der Waals surface area (Å²) in [6.45, 7) is 4.23. The zero-order valence-electron chi connectivity index (χ0n) is 11.8.